The summed E-state index contributed by atoms with van der Waals surface area (Å²) in [5.74, 6) is -2.83. The van der Waals surface area contributed by atoms with Gasteiger partial charge in [0.1, 0.15) is 5.56 Å². The molecule has 3 rings (SSSR count). The molecule has 1 heterocycles. The number of rotatable bonds is 10. The van der Waals surface area contributed by atoms with E-state index in [4.69, 9.17) is 0 Å². The first-order valence-corrected chi connectivity index (χ1v) is 9.59. The van der Waals surface area contributed by atoms with E-state index in [9.17, 15) is 50.4 Å². The summed E-state index contributed by atoms with van der Waals surface area (Å²) in [7, 11) is 0. The van der Waals surface area contributed by atoms with Gasteiger partial charge >= 0.3 is 5.97 Å². The molecule has 1 aromatic heterocycles. The second-order valence-corrected chi connectivity index (χ2v) is 7.16. The minimum absolute atomic E-state index is 0.0334. The van der Waals surface area contributed by atoms with Crippen LogP contribution in [0.2, 0.25) is 0 Å². The van der Waals surface area contributed by atoms with Crippen molar-refractivity contribution in [1.82, 2.24) is 9.55 Å². The highest BCUT2D eigenvalue weighted by atomic mass is 16.6. The van der Waals surface area contributed by atoms with Crippen molar-refractivity contribution < 1.29 is 29.6 Å². The molecule has 180 valence electrons. The van der Waals surface area contributed by atoms with Gasteiger partial charge in [-0.1, -0.05) is 0 Å². The van der Waals surface area contributed by atoms with Crippen LogP contribution in [0.25, 0.3) is 5.69 Å². The fourth-order valence-corrected chi connectivity index (χ4v) is 3.53. The Bertz CT molecular complexity index is 1300. The summed E-state index contributed by atoms with van der Waals surface area (Å²) in [6.07, 6.45) is 1.22. The molecule has 0 radical (unpaired) electrons. The van der Waals surface area contributed by atoms with Crippen molar-refractivity contribution in [3.63, 3.8) is 0 Å². The molecule has 35 heavy (non-hydrogen) atoms. The van der Waals surface area contributed by atoms with Crippen molar-refractivity contribution in [2.45, 2.75) is 12.8 Å². The summed E-state index contributed by atoms with van der Waals surface area (Å²) in [6.45, 7) is 0. The van der Waals surface area contributed by atoms with Gasteiger partial charge in [0, 0.05) is 36.9 Å². The van der Waals surface area contributed by atoms with Gasteiger partial charge in [0.2, 0.25) is 5.69 Å². The molecule has 3 aromatic rings. The van der Waals surface area contributed by atoms with Crippen molar-refractivity contribution in [3.05, 3.63) is 101 Å². The lowest BCUT2D eigenvalue weighted by atomic mass is 9.93. The van der Waals surface area contributed by atoms with Gasteiger partial charge in [0.15, 0.2) is 0 Å². The van der Waals surface area contributed by atoms with Gasteiger partial charge in [-0.05, 0) is 18.6 Å². The number of hydrogen-bond donors (Lipinski definition) is 1. The maximum atomic E-state index is 11.9. The third kappa shape index (κ3) is 5.05. The van der Waals surface area contributed by atoms with Gasteiger partial charge in [0.05, 0.1) is 37.6 Å². The van der Waals surface area contributed by atoms with E-state index in [0.29, 0.717) is 0 Å². The number of nitrogens with zero attached hydrogens (tertiary/aromatic N) is 6. The largest absolute Gasteiger partial charge is 0.481 e. The van der Waals surface area contributed by atoms with Crippen LogP contribution in [0.4, 0.5) is 22.7 Å². The third-order valence-electron chi connectivity index (χ3n) is 5.06. The first-order chi connectivity index (χ1) is 16.5. The number of nitro benzene ring substituents is 4. The zero-order valence-corrected chi connectivity index (χ0v) is 17.4. The average Bonchev–Trinajstić information content (AvgIpc) is 3.25. The van der Waals surface area contributed by atoms with E-state index >= 15 is 0 Å². The highest BCUT2D eigenvalue weighted by Gasteiger charge is 2.31. The second-order valence-electron chi connectivity index (χ2n) is 7.16. The molecule has 1 atom stereocenters. The Hall–Kier alpha value is -5.28. The Kier molecular flexibility index (Phi) is 6.75. The maximum Gasteiger partial charge on any atom is 0.307 e. The Balaban J connectivity index is 2.00. The first-order valence-electron chi connectivity index (χ1n) is 9.59. The summed E-state index contributed by atoms with van der Waals surface area (Å²) < 4.78 is 0.998. The summed E-state index contributed by atoms with van der Waals surface area (Å²) >= 11 is 0. The molecule has 0 spiro atoms. The average molecular weight is 486 g/mol. The zero-order valence-electron chi connectivity index (χ0n) is 17.4. The Morgan fingerprint density at radius 1 is 0.829 bits per heavy atom. The molecule has 0 saturated heterocycles. The predicted molar refractivity (Wildman–Crippen MR) is 115 cm³/mol. The SMILES string of the molecule is O=C(O)C(Cc1cn(-c2c([N+](=O)[O-])cccc2[N+](=O)[O-])cn1)Cc1c([N+](=O)[O-])cccc1[N+](=O)[O-]. The highest BCUT2D eigenvalue weighted by molar-refractivity contribution is 5.72. The lowest BCUT2D eigenvalue weighted by molar-refractivity contribution is -0.395. The summed E-state index contributed by atoms with van der Waals surface area (Å²) in [5.41, 5.74) is -3.17. The van der Waals surface area contributed by atoms with Crippen LogP contribution in [0.1, 0.15) is 11.3 Å². The number of aliphatic carboxylic acids is 1. The molecule has 0 saturated carbocycles. The number of nitro groups is 4. The van der Waals surface area contributed by atoms with Gasteiger partial charge in [0.25, 0.3) is 22.7 Å². The molecule has 1 N–H and O–H groups in total. The smallest absolute Gasteiger partial charge is 0.307 e. The Morgan fingerprint density at radius 3 is 1.71 bits per heavy atom. The zero-order chi connectivity index (χ0) is 25.9. The van der Waals surface area contributed by atoms with Crippen molar-refractivity contribution in [3.8, 4) is 5.69 Å². The number of aromatic nitrogens is 2. The molecule has 1 unspecified atom stereocenters. The molecule has 16 heteroatoms. The fourth-order valence-electron chi connectivity index (χ4n) is 3.53. The fraction of sp³-hybridized carbons (Fsp3) is 0.158. The number of imidazole rings is 1. The van der Waals surface area contributed by atoms with Gasteiger partial charge in [-0.3, -0.25) is 49.8 Å². The van der Waals surface area contributed by atoms with Gasteiger partial charge in [-0.15, -0.1) is 0 Å². The van der Waals surface area contributed by atoms with Crippen LogP contribution < -0.4 is 0 Å². The number of carbonyl (C=O) groups is 1. The molecule has 0 aliphatic heterocycles. The summed E-state index contributed by atoms with van der Waals surface area (Å²) in [4.78, 5) is 57.9. The topological polar surface area (TPSA) is 228 Å². The predicted octanol–water partition coefficient (Wildman–Crippen LogP) is 2.99. The number of hydrogen-bond acceptors (Lipinski definition) is 10. The highest BCUT2D eigenvalue weighted by Crippen LogP contribution is 2.33. The van der Waals surface area contributed by atoms with Crippen LogP contribution in [0.5, 0.6) is 0 Å². The maximum absolute atomic E-state index is 11.9. The van der Waals surface area contributed by atoms with Crippen molar-refractivity contribution in [1.29, 1.82) is 0 Å². The normalized spacial score (nSPS) is 11.5. The second kappa shape index (κ2) is 9.69. The van der Waals surface area contributed by atoms with Crippen molar-refractivity contribution >= 4 is 28.7 Å². The minimum atomic E-state index is -1.43. The van der Waals surface area contributed by atoms with Crippen LogP contribution in [0.15, 0.2) is 48.9 Å². The number of benzene rings is 2. The number of carboxylic acids is 1. The van der Waals surface area contributed by atoms with Crippen LogP contribution in [0, 0.1) is 46.4 Å². The number of para-hydroxylation sites is 1. The summed E-state index contributed by atoms with van der Waals surface area (Å²) in [6, 6.07) is 6.38. The minimum Gasteiger partial charge on any atom is -0.481 e. The molecule has 0 amide bonds. The van der Waals surface area contributed by atoms with E-state index in [0.717, 1.165) is 53.5 Å². The molecule has 16 nitrogen and oxygen atoms in total. The summed E-state index contributed by atoms with van der Waals surface area (Å²) in [5, 5.41) is 55.1. The lowest BCUT2D eigenvalue weighted by Crippen LogP contribution is -2.20. The molecular weight excluding hydrogens is 472 g/mol. The standard InChI is InChI=1S/C19H14N6O10/c26-19(27)11(8-13-14(22(28)29)3-1-4-15(13)23(30)31)7-12-9-21(10-20-12)18-16(24(32)33)5-2-6-17(18)25(34)35/h1-6,9-11H,7-8H2,(H,26,27). The van der Waals surface area contributed by atoms with Crippen molar-refractivity contribution in [2.75, 3.05) is 0 Å². The molecule has 0 bridgehead atoms. The van der Waals surface area contributed by atoms with Crippen LogP contribution in [0.3, 0.4) is 0 Å². The molecular formula is C19H14N6O10. The van der Waals surface area contributed by atoms with Crippen LogP contribution in [-0.2, 0) is 17.6 Å². The molecule has 0 fully saturated rings. The van der Waals surface area contributed by atoms with E-state index in [1.54, 1.807) is 0 Å². The van der Waals surface area contributed by atoms with E-state index < -0.39 is 66.4 Å². The first kappa shape index (κ1) is 24.4. The monoisotopic (exact) mass is 486 g/mol. The Labute approximate surface area is 193 Å². The van der Waals surface area contributed by atoms with Crippen LogP contribution in [-0.4, -0.2) is 40.3 Å². The van der Waals surface area contributed by atoms with E-state index in [2.05, 4.69) is 4.98 Å². The van der Waals surface area contributed by atoms with E-state index in [-0.39, 0.29) is 17.7 Å². The van der Waals surface area contributed by atoms with E-state index in [1.165, 1.54) is 0 Å². The molecule has 0 aliphatic rings. The van der Waals surface area contributed by atoms with Gasteiger partial charge < -0.3 is 5.11 Å². The quantitative estimate of drug-likeness (QED) is 0.323. The van der Waals surface area contributed by atoms with Gasteiger partial charge in [-0.2, -0.15) is 0 Å². The molecule has 0 aliphatic carbocycles. The lowest BCUT2D eigenvalue weighted by Gasteiger charge is -2.11. The Morgan fingerprint density at radius 2 is 1.29 bits per heavy atom. The van der Waals surface area contributed by atoms with E-state index in [1.807, 2.05) is 0 Å². The van der Waals surface area contributed by atoms with Gasteiger partial charge in [-0.25, -0.2) is 4.98 Å². The molecule has 2 aromatic carbocycles. The van der Waals surface area contributed by atoms with Crippen LogP contribution >= 0.6 is 0 Å². The third-order valence-corrected chi connectivity index (χ3v) is 5.06. The number of carboxylic acid groups (broad SMARTS) is 1. The van der Waals surface area contributed by atoms with Crippen molar-refractivity contribution in [2.24, 2.45) is 5.92 Å².